The van der Waals surface area contributed by atoms with Gasteiger partial charge in [-0.3, -0.25) is 10.7 Å². The summed E-state index contributed by atoms with van der Waals surface area (Å²) in [7, 11) is 0. The third kappa shape index (κ3) is 5.13. The zero-order chi connectivity index (χ0) is 16.6. The molecule has 24 heavy (non-hydrogen) atoms. The first-order chi connectivity index (χ1) is 11.8. The monoisotopic (exact) mass is 345 g/mol. The number of hydrogen-bond acceptors (Lipinski definition) is 5. The van der Waals surface area contributed by atoms with Gasteiger partial charge in [0.1, 0.15) is 0 Å². The van der Waals surface area contributed by atoms with Crippen molar-refractivity contribution in [1.29, 1.82) is 0 Å². The second-order valence-corrected chi connectivity index (χ2v) is 7.24. The number of hydrogen-bond donors (Lipinski definition) is 1. The fourth-order valence-corrected chi connectivity index (χ4v) is 4.04. The molecule has 4 nitrogen and oxygen atoms in total. The molecule has 3 rings (SSSR count). The molecule has 2 N–H and O–H groups in total. The molecule has 1 atom stereocenters. The molecule has 1 unspecified atom stereocenters. The topological polar surface area (TPSA) is 41.7 Å². The summed E-state index contributed by atoms with van der Waals surface area (Å²) < 4.78 is 5.39. The molecule has 1 aliphatic rings. The molecule has 1 saturated heterocycles. The highest BCUT2D eigenvalue weighted by Gasteiger charge is 2.17. The second kappa shape index (κ2) is 9.30. The van der Waals surface area contributed by atoms with Crippen LogP contribution in [0.4, 0.5) is 0 Å². The highest BCUT2D eigenvalue weighted by Crippen LogP contribution is 2.31. The van der Waals surface area contributed by atoms with Crippen LogP contribution in [0.2, 0.25) is 0 Å². The van der Waals surface area contributed by atoms with Crippen LogP contribution in [-0.4, -0.2) is 55.8 Å². The van der Waals surface area contributed by atoms with Crippen LogP contribution in [0.5, 0.6) is 0 Å². The van der Waals surface area contributed by atoms with Crippen molar-refractivity contribution in [2.24, 2.45) is 5.84 Å². The van der Waals surface area contributed by atoms with E-state index in [0.29, 0.717) is 5.92 Å². The van der Waals surface area contributed by atoms with Gasteiger partial charge in [0, 0.05) is 43.5 Å². The van der Waals surface area contributed by atoms with E-state index in [0.717, 1.165) is 52.4 Å². The van der Waals surface area contributed by atoms with Gasteiger partial charge in [0.2, 0.25) is 0 Å². The Labute approximate surface area is 148 Å². The minimum absolute atomic E-state index is 0.431. The van der Waals surface area contributed by atoms with Crippen molar-refractivity contribution in [3.05, 3.63) is 58.3 Å². The van der Waals surface area contributed by atoms with Crippen LogP contribution in [0.3, 0.4) is 0 Å². The Morgan fingerprint density at radius 3 is 2.58 bits per heavy atom. The van der Waals surface area contributed by atoms with Gasteiger partial charge in [0.05, 0.1) is 13.2 Å². The number of benzene rings is 1. The van der Waals surface area contributed by atoms with Gasteiger partial charge < -0.3 is 4.74 Å². The predicted molar refractivity (Wildman–Crippen MR) is 100 cm³/mol. The van der Waals surface area contributed by atoms with Crippen LogP contribution in [0.15, 0.2) is 47.8 Å². The maximum Gasteiger partial charge on any atom is 0.0594 e. The molecule has 0 bridgehead atoms. The SMILES string of the molecule is NN(CCC(c1ccccc1)c1cccs1)CCN1CCOCC1. The zero-order valence-electron chi connectivity index (χ0n) is 14.1. The molecule has 5 heteroatoms. The van der Waals surface area contributed by atoms with E-state index in [-0.39, 0.29) is 0 Å². The van der Waals surface area contributed by atoms with E-state index in [1.54, 1.807) is 0 Å². The van der Waals surface area contributed by atoms with Crippen molar-refractivity contribution in [1.82, 2.24) is 9.91 Å². The van der Waals surface area contributed by atoms with E-state index in [1.165, 1.54) is 10.4 Å². The standard InChI is InChI=1S/C19H27N3OS/c20-22(11-10-21-12-14-23-15-13-21)9-8-18(19-7-4-16-24-19)17-5-2-1-3-6-17/h1-7,16,18H,8-15,20H2. The summed E-state index contributed by atoms with van der Waals surface area (Å²) in [5.74, 6) is 6.68. The quantitative estimate of drug-likeness (QED) is 0.590. The van der Waals surface area contributed by atoms with Crippen molar-refractivity contribution in [3.8, 4) is 0 Å². The first kappa shape index (κ1) is 17.6. The van der Waals surface area contributed by atoms with Gasteiger partial charge in [0.25, 0.3) is 0 Å². The molecule has 2 aromatic rings. The van der Waals surface area contributed by atoms with Crippen LogP contribution in [-0.2, 0) is 4.74 Å². The number of thiophene rings is 1. The summed E-state index contributed by atoms with van der Waals surface area (Å²) in [6, 6.07) is 15.1. The maximum atomic E-state index is 6.25. The summed E-state index contributed by atoms with van der Waals surface area (Å²) in [4.78, 5) is 3.85. The smallest absolute Gasteiger partial charge is 0.0594 e. The number of rotatable bonds is 8. The van der Waals surface area contributed by atoms with Gasteiger partial charge in [-0.1, -0.05) is 36.4 Å². The Morgan fingerprint density at radius 2 is 1.88 bits per heavy atom. The summed E-state index contributed by atoms with van der Waals surface area (Å²) in [5.41, 5.74) is 1.38. The highest BCUT2D eigenvalue weighted by atomic mass is 32.1. The van der Waals surface area contributed by atoms with Gasteiger partial charge in [-0.05, 0) is 23.4 Å². The zero-order valence-corrected chi connectivity index (χ0v) is 15.0. The van der Waals surface area contributed by atoms with Gasteiger partial charge in [0.15, 0.2) is 0 Å². The lowest BCUT2D eigenvalue weighted by molar-refractivity contribution is 0.0332. The molecule has 2 heterocycles. The number of hydrazine groups is 1. The number of morpholine rings is 1. The fraction of sp³-hybridized carbons (Fsp3) is 0.474. The molecule has 1 aliphatic heterocycles. The number of nitrogens with zero attached hydrogens (tertiary/aromatic N) is 2. The lowest BCUT2D eigenvalue weighted by atomic mass is 9.94. The summed E-state index contributed by atoms with van der Waals surface area (Å²) >= 11 is 1.83. The summed E-state index contributed by atoms with van der Waals surface area (Å²) in [6.45, 7) is 6.58. The molecule has 0 amide bonds. The lowest BCUT2D eigenvalue weighted by Gasteiger charge is -2.28. The van der Waals surface area contributed by atoms with Gasteiger partial charge in [-0.15, -0.1) is 11.3 Å². The summed E-state index contributed by atoms with van der Waals surface area (Å²) in [5, 5.41) is 4.13. The third-order valence-electron chi connectivity index (χ3n) is 4.60. The van der Waals surface area contributed by atoms with E-state index in [1.807, 2.05) is 16.3 Å². The first-order valence-electron chi connectivity index (χ1n) is 8.71. The van der Waals surface area contributed by atoms with Crippen LogP contribution in [0, 0.1) is 0 Å². The van der Waals surface area contributed by atoms with Crippen LogP contribution in [0.1, 0.15) is 22.8 Å². The van der Waals surface area contributed by atoms with Crippen molar-refractivity contribution >= 4 is 11.3 Å². The molecule has 1 aromatic carbocycles. The lowest BCUT2D eigenvalue weighted by Crippen LogP contribution is -2.43. The Balaban J connectivity index is 1.51. The van der Waals surface area contributed by atoms with E-state index >= 15 is 0 Å². The van der Waals surface area contributed by atoms with Gasteiger partial charge >= 0.3 is 0 Å². The molecule has 130 valence electrons. The Morgan fingerprint density at radius 1 is 1.08 bits per heavy atom. The molecule has 0 saturated carbocycles. The maximum absolute atomic E-state index is 6.25. The summed E-state index contributed by atoms with van der Waals surface area (Å²) in [6.07, 6.45) is 1.05. The normalized spacial score (nSPS) is 17.2. The van der Waals surface area contributed by atoms with Crippen molar-refractivity contribution in [3.63, 3.8) is 0 Å². The average molecular weight is 346 g/mol. The van der Waals surface area contributed by atoms with Gasteiger partial charge in [-0.2, -0.15) is 0 Å². The van der Waals surface area contributed by atoms with Crippen LogP contribution >= 0.6 is 11.3 Å². The van der Waals surface area contributed by atoms with Crippen LogP contribution < -0.4 is 5.84 Å². The second-order valence-electron chi connectivity index (χ2n) is 6.26. The molecule has 1 fully saturated rings. The molecule has 0 spiro atoms. The Bertz CT molecular complexity index is 570. The largest absolute Gasteiger partial charge is 0.379 e. The van der Waals surface area contributed by atoms with Gasteiger partial charge in [-0.25, -0.2) is 5.01 Å². The van der Waals surface area contributed by atoms with Crippen LogP contribution in [0.25, 0.3) is 0 Å². The van der Waals surface area contributed by atoms with Crippen molar-refractivity contribution in [2.45, 2.75) is 12.3 Å². The van der Waals surface area contributed by atoms with Crippen molar-refractivity contribution in [2.75, 3.05) is 45.9 Å². The number of ether oxygens (including phenoxy) is 1. The van der Waals surface area contributed by atoms with E-state index in [4.69, 9.17) is 10.6 Å². The Kier molecular flexibility index (Phi) is 6.81. The highest BCUT2D eigenvalue weighted by molar-refractivity contribution is 7.10. The Hall–Kier alpha value is -1.24. The van der Waals surface area contributed by atoms with E-state index < -0.39 is 0 Å². The predicted octanol–water partition coefficient (Wildman–Crippen LogP) is 2.78. The minimum atomic E-state index is 0.431. The molecular formula is C19H27N3OS. The van der Waals surface area contributed by atoms with Crippen molar-refractivity contribution < 1.29 is 4.74 Å². The first-order valence-corrected chi connectivity index (χ1v) is 9.59. The fourth-order valence-electron chi connectivity index (χ4n) is 3.15. The minimum Gasteiger partial charge on any atom is -0.379 e. The molecule has 0 radical (unpaired) electrons. The third-order valence-corrected chi connectivity index (χ3v) is 5.59. The molecular weight excluding hydrogens is 318 g/mol. The molecule has 1 aromatic heterocycles. The molecule has 0 aliphatic carbocycles. The number of nitrogens with two attached hydrogens (primary N) is 1. The average Bonchev–Trinajstić information content (AvgIpc) is 3.16. The van der Waals surface area contributed by atoms with E-state index in [9.17, 15) is 0 Å². The van der Waals surface area contributed by atoms with E-state index in [2.05, 4.69) is 52.7 Å².